The molecule has 238 valence electrons. The predicted octanol–water partition coefficient (Wildman–Crippen LogP) is 5.85. The first-order valence-electron chi connectivity index (χ1n) is 17.1. The Balaban J connectivity index is 0.00000200. The molecule has 7 rings (SSSR count). The molecule has 2 aromatic carbocycles. The molecule has 0 aromatic heterocycles. The number of hydrogen-bond acceptors (Lipinski definition) is 0. The molecule has 0 radical (unpaired) electrons. The molecule has 0 N–H and O–H groups in total. The third kappa shape index (κ3) is 5.89. The van der Waals surface area contributed by atoms with Crippen molar-refractivity contribution in [2.45, 2.75) is 128 Å². The Morgan fingerprint density at radius 2 is 1.33 bits per heavy atom. The second-order valence-electron chi connectivity index (χ2n) is 16.7. The van der Waals surface area contributed by atoms with E-state index in [0.717, 1.165) is 12.8 Å². The van der Waals surface area contributed by atoms with E-state index < -0.39 is 21.3 Å². The number of hydrogen-bond donors (Lipinski definition) is 0. The summed E-state index contributed by atoms with van der Waals surface area (Å²) in [6.45, 7) is 22.0. The Bertz CT molecular complexity index is 1710. The minimum Gasteiger partial charge on any atom is -1.00 e. The van der Waals surface area contributed by atoms with Crippen LogP contribution in [0.15, 0.2) is 57.4 Å². The van der Waals surface area contributed by atoms with E-state index in [2.05, 4.69) is 111 Å². The molecule has 0 aliphatic heterocycles. The van der Waals surface area contributed by atoms with E-state index in [-0.39, 0.29) is 41.1 Å². The van der Waals surface area contributed by atoms with Gasteiger partial charge in [0.1, 0.15) is 0 Å². The van der Waals surface area contributed by atoms with Crippen LogP contribution in [0.3, 0.4) is 0 Å². The van der Waals surface area contributed by atoms with Crippen molar-refractivity contribution in [1.82, 2.24) is 0 Å². The molecule has 5 aliphatic rings. The summed E-state index contributed by atoms with van der Waals surface area (Å²) in [5, 5.41) is 0. The molecular weight excluding hydrogens is 667 g/mol. The molecular formula is C42H52Cl2Zr. The maximum absolute atomic E-state index is 2.79. The van der Waals surface area contributed by atoms with Crippen molar-refractivity contribution in [1.29, 1.82) is 0 Å². The molecule has 2 aromatic rings. The van der Waals surface area contributed by atoms with E-state index in [1.165, 1.54) is 71.9 Å². The molecule has 1 saturated carbocycles. The van der Waals surface area contributed by atoms with Crippen LogP contribution in [0.4, 0.5) is 0 Å². The molecule has 0 spiro atoms. The average Bonchev–Trinajstić information content (AvgIpc) is 3.58. The molecule has 0 bridgehead atoms. The fourth-order valence-electron chi connectivity index (χ4n) is 8.95. The Morgan fingerprint density at radius 1 is 0.733 bits per heavy atom. The van der Waals surface area contributed by atoms with Crippen molar-refractivity contribution >= 4 is 14.4 Å². The molecule has 3 heteroatoms. The summed E-state index contributed by atoms with van der Waals surface area (Å²) >= 11 is -2.15. The van der Waals surface area contributed by atoms with E-state index in [1.807, 2.05) is 6.49 Å². The van der Waals surface area contributed by atoms with Crippen LogP contribution in [0.1, 0.15) is 141 Å². The molecule has 0 heterocycles. The molecule has 1 atom stereocenters. The third-order valence-corrected chi connectivity index (χ3v) is 21.1. The first-order chi connectivity index (χ1) is 20.3. The quantitative estimate of drug-likeness (QED) is 0.312. The van der Waals surface area contributed by atoms with Gasteiger partial charge >= 0.3 is 271 Å². The zero-order chi connectivity index (χ0) is 30.5. The summed E-state index contributed by atoms with van der Waals surface area (Å²) in [5.41, 5.74) is 17.4. The maximum atomic E-state index is 2.79. The largest absolute Gasteiger partial charge is 1.00 e. The van der Waals surface area contributed by atoms with E-state index in [1.54, 1.807) is 27.8 Å². The van der Waals surface area contributed by atoms with Crippen LogP contribution in [-0.4, -0.2) is 3.21 Å². The number of benzene rings is 2. The van der Waals surface area contributed by atoms with Crippen molar-refractivity contribution in [3.8, 4) is 11.1 Å². The summed E-state index contributed by atoms with van der Waals surface area (Å²) in [5.74, 6) is 0. The van der Waals surface area contributed by atoms with Gasteiger partial charge in [0.15, 0.2) is 0 Å². The minimum atomic E-state index is -2.15. The SMILES string of the molecule is CC1=CCC(C)(C)c2cc3c(cc21)-c1cc2c(cc1C3)C(C)(C)[CH]([Zr+2]([C]1=CC(C(C)(C)C)=CC1)=[C]1CCCCC1)C=C2C.[Cl-].[Cl-]. The van der Waals surface area contributed by atoms with Gasteiger partial charge in [-0.1, -0.05) is 0 Å². The second-order valence-corrected chi connectivity index (χ2v) is 23.6. The first-order valence-corrected chi connectivity index (χ1v) is 21.0. The van der Waals surface area contributed by atoms with Gasteiger partial charge in [-0.3, -0.25) is 0 Å². The Morgan fingerprint density at radius 3 is 1.93 bits per heavy atom. The molecule has 0 saturated heterocycles. The van der Waals surface area contributed by atoms with Crippen LogP contribution in [0.25, 0.3) is 22.3 Å². The summed E-state index contributed by atoms with van der Waals surface area (Å²) in [4.78, 5) is 0. The molecule has 0 amide bonds. The minimum absolute atomic E-state index is 0. The summed E-state index contributed by atoms with van der Waals surface area (Å²) in [6.07, 6.45) is 21.0. The molecule has 5 aliphatic carbocycles. The van der Waals surface area contributed by atoms with Crippen LogP contribution < -0.4 is 24.8 Å². The van der Waals surface area contributed by atoms with Crippen LogP contribution in [0.2, 0.25) is 3.63 Å². The average molecular weight is 719 g/mol. The first kappa shape index (κ1) is 35.1. The Kier molecular flexibility index (Phi) is 9.59. The number of rotatable bonds is 2. The van der Waals surface area contributed by atoms with Crippen molar-refractivity contribution < 1.29 is 46.1 Å². The number of fused-ring (bicyclic) bond motifs is 5. The van der Waals surface area contributed by atoms with Gasteiger partial charge in [0.2, 0.25) is 0 Å². The van der Waals surface area contributed by atoms with Crippen LogP contribution >= 0.6 is 0 Å². The van der Waals surface area contributed by atoms with Crippen molar-refractivity contribution in [3.63, 3.8) is 0 Å². The number of allylic oxidation sites excluding steroid dienone is 8. The summed E-state index contributed by atoms with van der Waals surface area (Å²) in [7, 11) is 0. The van der Waals surface area contributed by atoms with E-state index in [4.69, 9.17) is 0 Å². The molecule has 1 unspecified atom stereocenters. The van der Waals surface area contributed by atoms with E-state index in [9.17, 15) is 0 Å². The molecule has 0 nitrogen and oxygen atoms in total. The van der Waals surface area contributed by atoms with Crippen LogP contribution in [-0.2, 0) is 38.5 Å². The van der Waals surface area contributed by atoms with Crippen LogP contribution in [0, 0.1) is 5.41 Å². The molecule has 45 heavy (non-hydrogen) atoms. The van der Waals surface area contributed by atoms with Gasteiger partial charge in [-0.25, -0.2) is 0 Å². The van der Waals surface area contributed by atoms with Crippen LogP contribution in [0.5, 0.6) is 0 Å². The fourth-order valence-corrected chi connectivity index (χ4v) is 19.1. The topological polar surface area (TPSA) is 0 Å². The zero-order valence-corrected chi connectivity index (χ0v) is 33.1. The van der Waals surface area contributed by atoms with Gasteiger partial charge in [0.05, 0.1) is 0 Å². The van der Waals surface area contributed by atoms with Gasteiger partial charge in [0, 0.05) is 0 Å². The normalized spacial score (nSPS) is 22.1. The molecule has 1 fully saturated rings. The van der Waals surface area contributed by atoms with Crippen molar-refractivity contribution in [2.75, 3.05) is 0 Å². The summed E-state index contributed by atoms with van der Waals surface area (Å²) in [6, 6.07) is 10.4. The van der Waals surface area contributed by atoms with Gasteiger partial charge in [0.25, 0.3) is 0 Å². The maximum Gasteiger partial charge on any atom is -1.00 e. The monoisotopic (exact) mass is 716 g/mol. The van der Waals surface area contributed by atoms with E-state index >= 15 is 0 Å². The third-order valence-electron chi connectivity index (χ3n) is 11.8. The van der Waals surface area contributed by atoms with Crippen molar-refractivity contribution in [3.05, 3.63) is 90.8 Å². The fraction of sp³-hybridized carbons (Fsp3) is 0.500. The zero-order valence-electron chi connectivity index (χ0n) is 29.1. The second kappa shape index (κ2) is 12.3. The van der Waals surface area contributed by atoms with Gasteiger partial charge in [-0.15, -0.1) is 0 Å². The predicted molar refractivity (Wildman–Crippen MR) is 185 cm³/mol. The smallest absolute Gasteiger partial charge is 1.00 e. The van der Waals surface area contributed by atoms with Crippen molar-refractivity contribution in [2.24, 2.45) is 5.41 Å². The Labute approximate surface area is 293 Å². The van der Waals surface area contributed by atoms with Gasteiger partial charge in [-0.05, 0) is 0 Å². The van der Waals surface area contributed by atoms with Gasteiger partial charge < -0.3 is 24.8 Å². The van der Waals surface area contributed by atoms with Gasteiger partial charge in [-0.2, -0.15) is 0 Å². The summed E-state index contributed by atoms with van der Waals surface area (Å²) < 4.78 is 4.59. The van der Waals surface area contributed by atoms with E-state index in [0.29, 0.717) is 3.63 Å². The Hall–Kier alpha value is -1.27. The standard InChI is InChI=1S/C27H29.C9H13.C6H10.2ClH.Zr/c1-16-7-9-26(3,4)24-12-18-11-19-13-25-21(17(2)8-10-27(25,5)6)15-23(19)22(18)14-20(16)24;1-9(2,3)8-6-4-5-7-8;1-2-4-6-5-3-1;;;/h7-9,12-15H,10-11H2,1-6H3;6-7H,4H2,1-3H3;1-5H2;2*1H;/q;;;;;+2/p-2. The number of halogens is 2.